The first-order chi connectivity index (χ1) is 10.4. The van der Waals surface area contributed by atoms with Crippen molar-refractivity contribution in [1.29, 1.82) is 0 Å². The minimum absolute atomic E-state index is 0.0757. The molecule has 5 nitrogen and oxygen atoms in total. The van der Waals surface area contributed by atoms with Gasteiger partial charge < -0.3 is 10.6 Å². The number of aromatic nitrogens is 2. The summed E-state index contributed by atoms with van der Waals surface area (Å²) in [7, 11) is 0. The number of hydrogen-bond acceptors (Lipinski definition) is 4. The van der Waals surface area contributed by atoms with Gasteiger partial charge in [-0.3, -0.25) is 4.79 Å². The molecule has 0 fully saturated rings. The average molecular weight is 298 g/mol. The van der Waals surface area contributed by atoms with Crippen molar-refractivity contribution in [2.75, 3.05) is 5.32 Å². The summed E-state index contributed by atoms with van der Waals surface area (Å²) in [5.41, 5.74) is 3.51. The van der Waals surface area contributed by atoms with Gasteiger partial charge in [0.1, 0.15) is 5.69 Å². The zero-order valence-electron chi connectivity index (χ0n) is 13.5. The first kappa shape index (κ1) is 15.9. The van der Waals surface area contributed by atoms with E-state index in [-0.39, 0.29) is 11.9 Å². The third-order valence-corrected chi connectivity index (χ3v) is 3.08. The van der Waals surface area contributed by atoms with Crippen molar-refractivity contribution in [3.8, 4) is 0 Å². The topological polar surface area (TPSA) is 66.9 Å². The van der Waals surface area contributed by atoms with Crippen molar-refractivity contribution < 1.29 is 4.79 Å². The van der Waals surface area contributed by atoms with E-state index in [9.17, 15) is 4.79 Å². The maximum atomic E-state index is 12.0. The summed E-state index contributed by atoms with van der Waals surface area (Å²) in [6.07, 6.45) is 0. The number of aryl methyl sites for hydroxylation is 2. The van der Waals surface area contributed by atoms with Crippen LogP contribution in [0.1, 0.15) is 41.2 Å². The summed E-state index contributed by atoms with van der Waals surface area (Å²) in [4.78, 5) is 20.7. The van der Waals surface area contributed by atoms with Gasteiger partial charge in [0.15, 0.2) is 0 Å². The molecule has 2 rings (SSSR count). The Balaban J connectivity index is 2.09. The fraction of sp³-hybridized carbons (Fsp3) is 0.353. The van der Waals surface area contributed by atoms with Crippen molar-refractivity contribution >= 4 is 11.9 Å². The van der Waals surface area contributed by atoms with Crippen LogP contribution in [-0.4, -0.2) is 21.9 Å². The predicted molar refractivity (Wildman–Crippen MR) is 87.9 cm³/mol. The van der Waals surface area contributed by atoms with Gasteiger partial charge in [0, 0.05) is 18.3 Å². The lowest BCUT2D eigenvalue weighted by atomic mass is 10.1. The van der Waals surface area contributed by atoms with E-state index in [0.717, 1.165) is 11.3 Å². The SMILES string of the molecule is Cc1ccc(CNc2nc(C)cc(C(=O)NC(C)C)n2)cc1. The molecule has 0 unspecified atom stereocenters. The standard InChI is InChI=1S/C17H22N4O/c1-11(2)19-16(22)15-9-13(4)20-17(21-15)18-10-14-7-5-12(3)6-8-14/h5-9,11H,10H2,1-4H3,(H,19,22)(H,18,20,21). The van der Waals surface area contributed by atoms with Gasteiger partial charge in [0.2, 0.25) is 5.95 Å². The largest absolute Gasteiger partial charge is 0.350 e. The summed E-state index contributed by atoms with van der Waals surface area (Å²) in [5, 5.41) is 6.00. The number of rotatable bonds is 5. The molecule has 0 bridgehead atoms. The number of hydrogen-bond donors (Lipinski definition) is 2. The normalized spacial score (nSPS) is 10.6. The van der Waals surface area contributed by atoms with Crippen LogP contribution in [0, 0.1) is 13.8 Å². The van der Waals surface area contributed by atoms with Crippen molar-refractivity contribution in [2.24, 2.45) is 0 Å². The fourth-order valence-electron chi connectivity index (χ4n) is 1.99. The monoisotopic (exact) mass is 298 g/mol. The third kappa shape index (κ3) is 4.55. The Bertz CT molecular complexity index is 650. The van der Waals surface area contributed by atoms with Gasteiger partial charge in [-0.05, 0) is 39.3 Å². The average Bonchev–Trinajstić information content (AvgIpc) is 2.45. The minimum Gasteiger partial charge on any atom is -0.350 e. The van der Waals surface area contributed by atoms with Crippen LogP contribution >= 0.6 is 0 Å². The zero-order valence-corrected chi connectivity index (χ0v) is 13.5. The van der Waals surface area contributed by atoms with E-state index in [0.29, 0.717) is 18.2 Å². The highest BCUT2D eigenvalue weighted by Crippen LogP contribution is 2.09. The molecule has 2 aromatic rings. The molecular weight excluding hydrogens is 276 g/mol. The fourth-order valence-corrected chi connectivity index (χ4v) is 1.99. The molecule has 0 aliphatic heterocycles. The molecule has 0 radical (unpaired) electrons. The quantitative estimate of drug-likeness (QED) is 0.890. The Kier molecular flexibility index (Phi) is 5.09. The summed E-state index contributed by atoms with van der Waals surface area (Å²) >= 11 is 0. The van der Waals surface area contributed by atoms with Crippen LogP contribution in [0.3, 0.4) is 0 Å². The molecule has 5 heteroatoms. The number of anilines is 1. The number of nitrogens with zero attached hydrogens (tertiary/aromatic N) is 2. The van der Waals surface area contributed by atoms with Crippen molar-refractivity contribution in [3.05, 3.63) is 52.8 Å². The van der Waals surface area contributed by atoms with E-state index in [1.807, 2.05) is 20.8 Å². The van der Waals surface area contributed by atoms with E-state index >= 15 is 0 Å². The molecule has 0 aliphatic rings. The van der Waals surface area contributed by atoms with Crippen LogP contribution < -0.4 is 10.6 Å². The van der Waals surface area contributed by atoms with Crippen LogP contribution in [0.25, 0.3) is 0 Å². The van der Waals surface area contributed by atoms with Crippen LogP contribution in [0.2, 0.25) is 0 Å². The first-order valence-corrected chi connectivity index (χ1v) is 7.40. The van der Waals surface area contributed by atoms with Crippen molar-refractivity contribution in [2.45, 2.75) is 40.3 Å². The highest BCUT2D eigenvalue weighted by molar-refractivity contribution is 5.92. The molecule has 0 spiro atoms. The van der Waals surface area contributed by atoms with Crippen LogP contribution in [-0.2, 0) is 6.54 Å². The summed E-state index contributed by atoms with van der Waals surface area (Å²) in [6.45, 7) is 8.37. The Morgan fingerprint density at radius 1 is 1.14 bits per heavy atom. The Morgan fingerprint density at radius 3 is 2.45 bits per heavy atom. The van der Waals surface area contributed by atoms with Crippen LogP contribution in [0.5, 0.6) is 0 Å². The van der Waals surface area contributed by atoms with Gasteiger partial charge in [-0.2, -0.15) is 0 Å². The second-order valence-electron chi connectivity index (χ2n) is 5.69. The number of carbonyl (C=O) groups excluding carboxylic acids is 1. The highest BCUT2D eigenvalue weighted by Gasteiger charge is 2.11. The molecule has 1 heterocycles. The maximum absolute atomic E-state index is 12.0. The van der Waals surface area contributed by atoms with Gasteiger partial charge in [-0.25, -0.2) is 9.97 Å². The second-order valence-corrected chi connectivity index (χ2v) is 5.69. The molecule has 22 heavy (non-hydrogen) atoms. The van der Waals surface area contributed by atoms with E-state index < -0.39 is 0 Å². The Morgan fingerprint density at radius 2 is 1.82 bits per heavy atom. The molecule has 1 aromatic heterocycles. The number of carbonyl (C=O) groups is 1. The molecule has 1 aromatic carbocycles. The molecule has 2 N–H and O–H groups in total. The molecule has 116 valence electrons. The van der Waals surface area contributed by atoms with Gasteiger partial charge in [0.25, 0.3) is 5.91 Å². The predicted octanol–water partition coefficient (Wildman–Crippen LogP) is 2.84. The Hall–Kier alpha value is -2.43. The lowest BCUT2D eigenvalue weighted by molar-refractivity contribution is 0.0938. The molecular formula is C17H22N4O. The smallest absolute Gasteiger partial charge is 0.270 e. The highest BCUT2D eigenvalue weighted by atomic mass is 16.1. The molecule has 0 saturated heterocycles. The van der Waals surface area contributed by atoms with Gasteiger partial charge in [-0.1, -0.05) is 29.8 Å². The van der Waals surface area contributed by atoms with E-state index in [1.54, 1.807) is 6.07 Å². The third-order valence-electron chi connectivity index (χ3n) is 3.08. The number of nitrogens with one attached hydrogen (secondary N) is 2. The molecule has 1 amide bonds. The van der Waals surface area contributed by atoms with Crippen LogP contribution in [0.15, 0.2) is 30.3 Å². The lowest BCUT2D eigenvalue weighted by Crippen LogP contribution is -2.31. The van der Waals surface area contributed by atoms with Crippen molar-refractivity contribution in [3.63, 3.8) is 0 Å². The van der Waals surface area contributed by atoms with Crippen molar-refractivity contribution in [1.82, 2.24) is 15.3 Å². The minimum atomic E-state index is -0.182. The van der Waals surface area contributed by atoms with Gasteiger partial charge in [-0.15, -0.1) is 0 Å². The van der Waals surface area contributed by atoms with E-state index in [1.165, 1.54) is 5.56 Å². The molecule has 0 aliphatic carbocycles. The summed E-state index contributed by atoms with van der Waals surface area (Å²) in [6, 6.07) is 10.0. The van der Waals surface area contributed by atoms with Gasteiger partial charge >= 0.3 is 0 Å². The van der Waals surface area contributed by atoms with E-state index in [4.69, 9.17) is 0 Å². The zero-order chi connectivity index (χ0) is 16.1. The first-order valence-electron chi connectivity index (χ1n) is 7.40. The van der Waals surface area contributed by atoms with Gasteiger partial charge in [0.05, 0.1) is 0 Å². The number of amides is 1. The summed E-state index contributed by atoms with van der Waals surface area (Å²) < 4.78 is 0. The summed E-state index contributed by atoms with van der Waals surface area (Å²) in [5.74, 6) is 0.286. The lowest BCUT2D eigenvalue weighted by Gasteiger charge is -2.10. The molecule has 0 atom stereocenters. The van der Waals surface area contributed by atoms with Crippen LogP contribution in [0.4, 0.5) is 5.95 Å². The second kappa shape index (κ2) is 7.02. The maximum Gasteiger partial charge on any atom is 0.270 e. The molecule has 0 saturated carbocycles. The number of benzene rings is 1. The Labute approximate surface area is 131 Å². The van der Waals surface area contributed by atoms with E-state index in [2.05, 4.69) is 51.8 Å².